The Labute approximate surface area is 183 Å². The first kappa shape index (κ1) is 18.3. The van der Waals surface area contributed by atoms with E-state index in [0.717, 1.165) is 41.9 Å². The number of para-hydroxylation sites is 1. The molecule has 0 bridgehead atoms. The van der Waals surface area contributed by atoms with E-state index in [1.807, 2.05) is 42.7 Å². The lowest BCUT2D eigenvalue weighted by atomic mass is 9.84. The van der Waals surface area contributed by atoms with Gasteiger partial charge in [-0.15, -0.1) is 0 Å². The number of phenols is 2. The van der Waals surface area contributed by atoms with Gasteiger partial charge in [-0.3, -0.25) is 0 Å². The van der Waals surface area contributed by atoms with Crippen molar-refractivity contribution in [3.8, 4) is 11.5 Å². The van der Waals surface area contributed by atoms with Gasteiger partial charge in [-0.2, -0.15) is 0 Å². The molecule has 0 amide bonds. The number of H-pyrrole nitrogens is 2. The quantitative estimate of drug-likeness (QED) is 0.202. The molecule has 4 nitrogen and oxygen atoms in total. The number of fused-ring (bicyclic) bond motifs is 2. The fourth-order valence-electron chi connectivity index (χ4n) is 4.00. The number of halogens is 2. The molecule has 3 aromatic carbocycles. The van der Waals surface area contributed by atoms with Gasteiger partial charge < -0.3 is 20.2 Å². The number of aromatic nitrogens is 2. The maximum absolute atomic E-state index is 10.7. The van der Waals surface area contributed by atoms with Gasteiger partial charge in [-0.05, 0) is 47.5 Å². The molecule has 5 aromatic rings. The van der Waals surface area contributed by atoms with E-state index < -0.39 is 0 Å². The average molecular weight is 512 g/mol. The molecular weight excluding hydrogens is 496 g/mol. The molecule has 0 saturated heterocycles. The third kappa shape index (κ3) is 3.03. The van der Waals surface area contributed by atoms with Crippen LogP contribution in [-0.2, 0) is 0 Å². The van der Waals surface area contributed by atoms with Gasteiger partial charge in [0.1, 0.15) is 0 Å². The standard InChI is InChI=1S/C23H16Br2N2O2/c24-12-5-7-19-16(8-12)18(11-26-19)22(15-2-1-3-21(28)23(15)29)17-10-27-20-9-13(25)4-6-14(17)20/h1-11,22,26-29H. The maximum Gasteiger partial charge on any atom is 0.161 e. The number of nitrogens with one attached hydrogen (secondary N) is 2. The van der Waals surface area contributed by atoms with Gasteiger partial charge in [0.15, 0.2) is 11.5 Å². The first-order valence-electron chi connectivity index (χ1n) is 9.07. The molecule has 0 aliphatic heterocycles. The molecule has 5 rings (SSSR count). The lowest BCUT2D eigenvalue weighted by molar-refractivity contribution is 0.399. The van der Waals surface area contributed by atoms with E-state index in [1.54, 1.807) is 6.07 Å². The van der Waals surface area contributed by atoms with Crippen LogP contribution in [0.2, 0.25) is 0 Å². The average Bonchev–Trinajstić information content (AvgIpc) is 3.30. The zero-order chi connectivity index (χ0) is 20.1. The third-order valence-electron chi connectivity index (χ3n) is 5.33. The van der Waals surface area contributed by atoms with Gasteiger partial charge in [-0.1, -0.05) is 50.1 Å². The fourth-order valence-corrected chi connectivity index (χ4v) is 4.72. The molecule has 1 atom stereocenters. The second kappa shape index (κ2) is 6.97. The maximum atomic E-state index is 10.7. The van der Waals surface area contributed by atoms with Gasteiger partial charge in [-0.25, -0.2) is 0 Å². The van der Waals surface area contributed by atoms with Crippen LogP contribution >= 0.6 is 31.9 Å². The van der Waals surface area contributed by atoms with Gasteiger partial charge >= 0.3 is 0 Å². The van der Waals surface area contributed by atoms with Crippen LogP contribution in [0.15, 0.2) is 75.9 Å². The molecule has 0 spiro atoms. The first-order valence-corrected chi connectivity index (χ1v) is 10.7. The fraction of sp³-hybridized carbons (Fsp3) is 0.0435. The molecule has 0 aliphatic rings. The highest BCUT2D eigenvalue weighted by molar-refractivity contribution is 9.10. The van der Waals surface area contributed by atoms with E-state index in [-0.39, 0.29) is 17.4 Å². The summed E-state index contributed by atoms with van der Waals surface area (Å²) in [5, 5.41) is 23.0. The number of phenolic OH excluding ortho intramolecular Hbond substituents is 2. The summed E-state index contributed by atoms with van der Waals surface area (Å²) in [6.07, 6.45) is 3.95. The zero-order valence-corrected chi connectivity index (χ0v) is 18.3. The number of benzene rings is 3. The Kier molecular flexibility index (Phi) is 4.41. The van der Waals surface area contributed by atoms with Gasteiger partial charge in [0.2, 0.25) is 0 Å². The van der Waals surface area contributed by atoms with Crippen molar-refractivity contribution in [3.63, 3.8) is 0 Å². The molecule has 0 saturated carbocycles. The molecule has 4 N–H and O–H groups in total. The van der Waals surface area contributed by atoms with E-state index >= 15 is 0 Å². The van der Waals surface area contributed by atoms with E-state index in [1.165, 1.54) is 6.07 Å². The SMILES string of the molecule is Oc1cccc(C(c2c[nH]c3cc(Br)ccc23)c2c[nH]c3ccc(Br)cc23)c1O. The smallest absolute Gasteiger partial charge is 0.161 e. The van der Waals surface area contributed by atoms with Crippen LogP contribution in [0.5, 0.6) is 11.5 Å². The second-order valence-corrected chi connectivity index (χ2v) is 8.85. The van der Waals surface area contributed by atoms with Crippen molar-refractivity contribution in [1.82, 2.24) is 9.97 Å². The van der Waals surface area contributed by atoms with Gasteiger partial charge in [0, 0.05) is 54.6 Å². The monoisotopic (exact) mass is 510 g/mol. The van der Waals surface area contributed by atoms with E-state index in [2.05, 4.69) is 54.0 Å². The summed E-state index contributed by atoms with van der Waals surface area (Å²) < 4.78 is 1.97. The number of hydrogen-bond donors (Lipinski definition) is 4. The van der Waals surface area contributed by atoms with Crippen LogP contribution in [0.4, 0.5) is 0 Å². The number of rotatable bonds is 3. The molecular formula is C23H16Br2N2O2. The summed E-state index contributed by atoms with van der Waals surface area (Å²) in [6.45, 7) is 0. The highest BCUT2D eigenvalue weighted by Crippen LogP contribution is 2.45. The first-order chi connectivity index (χ1) is 14.0. The summed E-state index contributed by atoms with van der Waals surface area (Å²) in [5.74, 6) is -0.510. The third-order valence-corrected chi connectivity index (χ3v) is 6.32. The van der Waals surface area contributed by atoms with Crippen molar-refractivity contribution < 1.29 is 10.2 Å². The molecule has 0 aliphatic carbocycles. The van der Waals surface area contributed by atoms with E-state index in [4.69, 9.17) is 0 Å². The summed E-state index contributed by atoms with van der Waals surface area (Å²) in [6, 6.07) is 17.3. The Morgan fingerprint density at radius 1 is 0.690 bits per heavy atom. The number of hydrogen-bond acceptors (Lipinski definition) is 2. The highest BCUT2D eigenvalue weighted by Gasteiger charge is 2.26. The lowest BCUT2D eigenvalue weighted by Gasteiger charge is -2.19. The number of aromatic amines is 2. The van der Waals surface area contributed by atoms with Crippen molar-refractivity contribution in [2.45, 2.75) is 5.92 Å². The Bertz CT molecular complexity index is 1370. The molecule has 2 heterocycles. The van der Waals surface area contributed by atoms with Crippen LogP contribution < -0.4 is 0 Å². The van der Waals surface area contributed by atoms with E-state index in [0.29, 0.717) is 5.56 Å². The molecule has 6 heteroatoms. The molecule has 1 unspecified atom stereocenters. The Balaban J connectivity index is 1.84. The Hall–Kier alpha value is -2.70. The number of aromatic hydroxyl groups is 2. The molecule has 29 heavy (non-hydrogen) atoms. The Morgan fingerprint density at radius 3 is 2.21 bits per heavy atom. The lowest BCUT2D eigenvalue weighted by Crippen LogP contribution is -2.03. The van der Waals surface area contributed by atoms with Crippen LogP contribution in [-0.4, -0.2) is 20.2 Å². The van der Waals surface area contributed by atoms with Crippen molar-refractivity contribution in [2.75, 3.05) is 0 Å². The molecule has 0 fully saturated rings. The minimum atomic E-state index is -0.278. The van der Waals surface area contributed by atoms with Crippen molar-refractivity contribution >= 4 is 53.7 Å². The minimum absolute atomic E-state index is 0.103. The van der Waals surface area contributed by atoms with Crippen molar-refractivity contribution in [2.24, 2.45) is 0 Å². The predicted molar refractivity (Wildman–Crippen MR) is 123 cm³/mol. The topological polar surface area (TPSA) is 72.0 Å². The zero-order valence-electron chi connectivity index (χ0n) is 15.1. The summed E-state index contributed by atoms with van der Waals surface area (Å²) >= 11 is 7.09. The van der Waals surface area contributed by atoms with E-state index in [9.17, 15) is 10.2 Å². The minimum Gasteiger partial charge on any atom is -0.504 e. The summed E-state index contributed by atoms with van der Waals surface area (Å²) in [5.41, 5.74) is 4.70. The predicted octanol–water partition coefficient (Wildman–Crippen LogP) is 6.77. The normalized spacial score (nSPS) is 12.6. The van der Waals surface area contributed by atoms with Gasteiger partial charge in [0.25, 0.3) is 0 Å². The summed E-state index contributed by atoms with van der Waals surface area (Å²) in [7, 11) is 0. The van der Waals surface area contributed by atoms with Crippen LogP contribution in [0, 0.1) is 0 Å². The largest absolute Gasteiger partial charge is 0.504 e. The summed E-state index contributed by atoms with van der Waals surface area (Å²) in [4.78, 5) is 6.68. The second-order valence-electron chi connectivity index (χ2n) is 7.02. The molecule has 144 valence electrons. The molecule has 2 aromatic heterocycles. The van der Waals surface area contributed by atoms with Crippen LogP contribution in [0.25, 0.3) is 21.8 Å². The Morgan fingerprint density at radius 2 is 1.38 bits per heavy atom. The van der Waals surface area contributed by atoms with Gasteiger partial charge in [0.05, 0.1) is 0 Å². The van der Waals surface area contributed by atoms with Crippen molar-refractivity contribution in [1.29, 1.82) is 0 Å². The van der Waals surface area contributed by atoms with Crippen LogP contribution in [0.3, 0.4) is 0 Å². The highest BCUT2D eigenvalue weighted by atomic mass is 79.9. The van der Waals surface area contributed by atoms with Crippen molar-refractivity contribution in [3.05, 3.63) is 92.6 Å². The molecule has 0 radical (unpaired) electrons. The van der Waals surface area contributed by atoms with Crippen LogP contribution in [0.1, 0.15) is 22.6 Å².